The van der Waals surface area contributed by atoms with Crippen molar-refractivity contribution in [3.63, 3.8) is 0 Å². The minimum Gasteiger partial charge on any atom is -0.371 e. The Kier molecular flexibility index (Phi) is 7.86. The summed E-state index contributed by atoms with van der Waals surface area (Å²) in [6.07, 6.45) is 7.99. The molecule has 2 aliphatic rings. The molecule has 198 valence electrons. The standard InChI is InChI=1S/C26H31N9O3/c36-25(19-34-30-26(29-31-34)20-10-4-1-5-11-20)28-27-18-21-16-24(35(37)38)23(33-14-8-3-9-15-33)17-22(21)32-12-6-2-7-13-32/h1,4-5,10-11,16-18H,2-3,6-9,12-15,19H2,(H,28,36)/b27-18+. The number of carbonyl (C=O) groups excluding carboxylic acids is 1. The average molecular weight is 518 g/mol. The van der Waals surface area contributed by atoms with Crippen LogP contribution in [-0.2, 0) is 11.3 Å². The molecule has 2 aromatic carbocycles. The first-order valence-electron chi connectivity index (χ1n) is 13.1. The number of nitro benzene ring substituents is 1. The van der Waals surface area contributed by atoms with E-state index >= 15 is 0 Å². The molecule has 2 saturated heterocycles. The summed E-state index contributed by atoms with van der Waals surface area (Å²) in [5.74, 6) is -0.00796. The lowest BCUT2D eigenvalue weighted by Gasteiger charge is -2.33. The molecule has 0 atom stereocenters. The summed E-state index contributed by atoms with van der Waals surface area (Å²) in [6, 6.07) is 12.9. The van der Waals surface area contributed by atoms with Gasteiger partial charge < -0.3 is 9.80 Å². The highest BCUT2D eigenvalue weighted by Crippen LogP contribution is 2.37. The molecule has 5 rings (SSSR count). The van der Waals surface area contributed by atoms with E-state index in [4.69, 9.17) is 0 Å². The molecule has 0 bridgehead atoms. The van der Waals surface area contributed by atoms with Crippen molar-refractivity contribution in [2.24, 2.45) is 5.10 Å². The van der Waals surface area contributed by atoms with Gasteiger partial charge in [0.2, 0.25) is 5.82 Å². The van der Waals surface area contributed by atoms with Crippen LogP contribution < -0.4 is 15.2 Å². The first kappa shape index (κ1) is 25.3. The van der Waals surface area contributed by atoms with Gasteiger partial charge in [-0.25, -0.2) is 5.43 Å². The zero-order valence-electron chi connectivity index (χ0n) is 21.2. The predicted molar refractivity (Wildman–Crippen MR) is 144 cm³/mol. The van der Waals surface area contributed by atoms with Gasteiger partial charge in [0.15, 0.2) is 0 Å². The minimum atomic E-state index is -0.433. The smallest absolute Gasteiger partial charge is 0.293 e. The van der Waals surface area contributed by atoms with Crippen molar-refractivity contribution in [3.05, 3.63) is 58.1 Å². The molecule has 2 aliphatic heterocycles. The van der Waals surface area contributed by atoms with E-state index in [9.17, 15) is 14.9 Å². The molecule has 0 unspecified atom stereocenters. The first-order chi connectivity index (χ1) is 18.6. The molecule has 1 amide bonds. The van der Waals surface area contributed by atoms with Gasteiger partial charge in [0, 0.05) is 49.1 Å². The van der Waals surface area contributed by atoms with Gasteiger partial charge in [0.05, 0.1) is 11.1 Å². The van der Waals surface area contributed by atoms with Crippen molar-refractivity contribution in [3.8, 4) is 11.4 Å². The summed E-state index contributed by atoms with van der Waals surface area (Å²) < 4.78 is 0. The average Bonchev–Trinajstić information content (AvgIpc) is 3.42. The summed E-state index contributed by atoms with van der Waals surface area (Å²) in [4.78, 5) is 29.8. The minimum absolute atomic E-state index is 0.0562. The third-order valence-electron chi connectivity index (χ3n) is 6.88. The van der Waals surface area contributed by atoms with E-state index in [1.54, 1.807) is 6.07 Å². The lowest BCUT2D eigenvalue weighted by Crippen LogP contribution is -2.32. The number of benzene rings is 2. The van der Waals surface area contributed by atoms with E-state index in [1.165, 1.54) is 17.4 Å². The maximum Gasteiger partial charge on any atom is 0.293 e. The molecule has 12 heteroatoms. The van der Waals surface area contributed by atoms with Crippen LogP contribution in [0.1, 0.15) is 44.1 Å². The number of amides is 1. The van der Waals surface area contributed by atoms with E-state index in [0.717, 1.165) is 69.5 Å². The largest absolute Gasteiger partial charge is 0.371 e. The van der Waals surface area contributed by atoms with Crippen LogP contribution >= 0.6 is 0 Å². The Hall–Kier alpha value is -4.35. The normalized spacial score (nSPS) is 16.1. The van der Waals surface area contributed by atoms with E-state index in [0.29, 0.717) is 17.1 Å². The number of rotatable bonds is 8. The SMILES string of the molecule is O=C(Cn1nnc(-c2ccccc2)n1)N/N=C/c1cc([N+](=O)[O-])c(N2CCCCC2)cc1N1CCCCC1. The molecule has 12 nitrogen and oxygen atoms in total. The van der Waals surface area contributed by atoms with E-state index < -0.39 is 5.91 Å². The van der Waals surface area contributed by atoms with Gasteiger partial charge in [-0.15, -0.1) is 10.2 Å². The van der Waals surface area contributed by atoms with Crippen LogP contribution in [0.15, 0.2) is 47.6 Å². The summed E-state index contributed by atoms with van der Waals surface area (Å²) >= 11 is 0. The van der Waals surface area contributed by atoms with Crippen LogP contribution in [0.3, 0.4) is 0 Å². The Morgan fingerprint density at radius 3 is 2.29 bits per heavy atom. The lowest BCUT2D eigenvalue weighted by molar-refractivity contribution is -0.384. The molecule has 2 fully saturated rings. The van der Waals surface area contributed by atoms with Gasteiger partial charge in [0.25, 0.3) is 11.6 Å². The summed E-state index contributed by atoms with van der Waals surface area (Å²) in [5.41, 5.74) is 5.51. The Bertz CT molecular complexity index is 1300. The van der Waals surface area contributed by atoms with Crippen molar-refractivity contribution >= 4 is 29.2 Å². The van der Waals surface area contributed by atoms with E-state index in [-0.39, 0.29) is 17.2 Å². The lowest BCUT2D eigenvalue weighted by atomic mass is 10.0. The summed E-state index contributed by atoms with van der Waals surface area (Å²) in [7, 11) is 0. The fourth-order valence-electron chi connectivity index (χ4n) is 4.98. The third-order valence-corrected chi connectivity index (χ3v) is 6.88. The number of piperidine rings is 2. The Labute approximate surface area is 220 Å². The fourth-order valence-corrected chi connectivity index (χ4v) is 4.98. The number of anilines is 2. The maximum atomic E-state index is 12.5. The van der Waals surface area contributed by atoms with E-state index in [2.05, 4.69) is 35.7 Å². The van der Waals surface area contributed by atoms with Gasteiger partial charge in [-0.2, -0.15) is 9.90 Å². The molecule has 1 aromatic heterocycles. The number of carbonyl (C=O) groups is 1. The number of hydrogen-bond acceptors (Lipinski definition) is 9. The first-order valence-corrected chi connectivity index (χ1v) is 13.1. The van der Waals surface area contributed by atoms with Gasteiger partial charge in [0.1, 0.15) is 12.2 Å². The number of hydrazone groups is 1. The molecule has 0 radical (unpaired) electrons. The number of nitro groups is 1. The molecular weight excluding hydrogens is 486 g/mol. The van der Waals surface area contributed by atoms with Gasteiger partial charge in [-0.3, -0.25) is 14.9 Å². The molecule has 38 heavy (non-hydrogen) atoms. The number of nitrogens with one attached hydrogen (secondary N) is 1. The Morgan fingerprint density at radius 2 is 1.63 bits per heavy atom. The predicted octanol–water partition coefficient (Wildman–Crippen LogP) is 3.38. The molecule has 0 aliphatic carbocycles. The maximum absolute atomic E-state index is 12.5. The second kappa shape index (κ2) is 11.8. The molecular formula is C26H31N9O3. The zero-order valence-corrected chi connectivity index (χ0v) is 21.2. The van der Waals surface area contributed by atoms with Crippen LogP contribution in [0.25, 0.3) is 11.4 Å². The second-order valence-electron chi connectivity index (χ2n) is 9.55. The molecule has 0 spiro atoms. The summed E-state index contributed by atoms with van der Waals surface area (Å²) in [5, 5.41) is 28.3. The number of tetrazole rings is 1. The monoisotopic (exact) mass is 517 g/mol. The topological polar surface area (TPSA) is 135 Å². The van der Waals surface area contributed by atoms with Gasteiger partial charge >= 0.3 is 0 Å². The highest BCUT2D eigenvalue weighted by Gasteiger charge is 2.26. The van der Waals surface area contributed by atoms with Crippen LogP contribution in [-0.4, -0.2) is 63.4 Å². The molecule has 3 aromatic rings. The van der Waals surface area contributed by atoms with Gasteiger partial charge in [-0.1, -0.05) is 30.3 Å². The van der Waals surface area contributed by atoms with Crippen molar-refractivity contribution in [1.29, 1.82) is 0 Å². The van der Waals surface area contributed by atoms with E-state index in [1.807, 2.05) is 36.4 Å². The summed E-state index contributed by atoms with van der Waals surface area (Å²) in [6.45, 7) is 3.22. The Morgan fingerprint density at radius 1 is 0.974 bits per heavy atom. The molecule has 3 heterocycles. The van der Waals surface area contributed by atoms with Crippen LogP contribution in [0.2, 0.25) is 0 Å². The molecule has 0 saturated carbocycles. The zero-order chi connectivity index (χ0) is 26.3. The third kappa shape index (κ3) is 5.96. The Balaban J connectivity index is 1.34. The number of nitrogens with zero attached hydrogens (tertiary/aromatic N) is 8. The van der Waals surface area contributed by atoms with Crippen molar-refractivity contribution in [2.45, 2.75) is 45.1 Å². The highest BCUT2D eigenvalue weighted by atomic mass is 16.6. The second-order valence-corrected chi connectivity index (χ2v) is 9.55. The van der Waals surface area contributed by atoms with Crippen LogP contribution in [0, 0.1) is 10.1 Å². The van der Waals surface area contributed by atoms with Crippen LogP contribution in [0.5, 0.6) is 0 Å². The highest BCUT2D eigenvalue weighted by molar-refractivity contribution is 5.93. The quantitative estimate of drug-likeness (QED) is 0.273. The van der Waals surface area contributed by atoms with Crippen molar-refractivity contribution in [2.75, 3.05) is 36.0 Å². The number of aromatic nitrogens is 4. The van der Waals surface area contributed by atoms with Crippen molar-refractivity contribution in [1.82, 2.24) is 25.6 Å². The fraction of sp³-hybridized carbons (Fsp3) is 0.423. The van der Waals surface area contributed by atoms with Gasteiger partial charge in [-0.05, 0) is 49.8 Å². The number of hydrogen-bond donors (Lipinski definition) is 1. The molecule has 1 N–H and O–H groups in total. The van der Waals surface area contributed by atoms with Crippen molar-refractivity contribution < 1.29 is 9.72 Å². The van der Waals surface area contributed by atoms with Crippen LogP contribution in [0.4, 0.5) is 17.1 Å².